The van der Waals surface area contributed by atoms with Gasteiger partial charge in [0.1, 0.15) is 23.6 Å². The van der Waals surface area contributed by atoms with Gasteiger partial charge in [-0.1, -0.05) is 109 Å². The van der Waals surface area contributed by atoms with Gasteiger partial charge in [-0.2, -0.15) is 0 Å². The van der Waals surface area contributed by atoms with Crippen molar-refractivity contribution in [2.24, 2.45) is 35.5 Å². The van der Waals surface area contributed by atoms with Gasteiger partial charge in [-0.25, -0.2) is 14.6 Å². The Labute approximate surface area is 398 Å². The van der Waals surface area contributed by atoms with E-state index in [1.54, 1.807) is 84.9 Å². The molecule has 2 saturated carbocycles. The normalized spacial score (nSPS) is 20.2. The Morgan fingerprint density at radius 3 is 1.13 bits per heavy atom. The van der Waals surface area contributed by atoms with Crippen molar-refractivity contribution in [1.29, 1.82) is 0 Å². The van der Waals surface area contributed by atoms with Crippen molar-refractivity contribution in [1.82, 2.24) is 4.98 Å². The zero-order chi connectivity index (χ0) is 48.5. The Morgan fingerprint density at radius 2 is 0.765 bits per heavy atom. The van der Waals surface area contributed by atoms with E-state index in [1.165, 1.54) is 30.3 Å². The maximum Gasteiger partial charge on any atom is 0.340 e. The number of carbonyl (C=O) groups excluding carboxylic acids is 6. The van der Waals surface area contributed by atoms with Crippen molar-refractivity contribution in [3.05, 3.63) is 149 Å². The summed E-state index contributed by atoms with van der Waals surface area (Å²) in [7, 11) is 0. The molecule has 354 valence electrons. The first-order valence-electron chi connectivity index (χ1n) is 23.7. The van der Waals surface area contributed by atoms with Gasteiger partial charge in [0.25, 0.3) is 23.6 Å². The maximum absolute atomic E-state index is 13.8. The van der Waals surface area contributed by atoms with E-state index in [0.29, 0.717) is 23.7 Å². The summed E-state index contributed by atoms with van der Waals surface area (Å²) < 4.78 is 12.2. The topological polar surface area (TPSA) is 182 Å². The maximum atomic E-state index is 13.8. The van der Waals surface area contributed by atoms with Crippen LogP contribution in [0.4, 0.5) is 22.7 Å². The second-order valence-electron chi connectivity index (χ2n) is 18.9. The van der Waals surface area contributed by atoms with Gasteiger partial charge < -0.3 is 30.7 Å². The quantitative estimate of drug-likeness (QED) is 0.0788. The zero-order valence-electron chi connectivity index (χ0n) is 39.5. The molecule has 7 rings (SSSR count). The number of benzene rings is 4. The van der Waals surface area contributed by atoms with E-state index in [2.05, 4.69) is 67.8 Å². The van der Waals surface area contributed by atoms with Crippen molar-refractivity contribution < 1.29 is 38.2 Å². The van der Waals surface area contributed by atoms with E-state index in [4.69, 9.17) is 9.47 Å². The molecule has 68 heavy (non-hydrogen) atoms. The number of rotatable bonds is 14. The first kappa shape index (κ1) is 48.8. The van der Waals surface area contributed by atoms with Crippen LogP contribution in [0.1, 0.15) is 142 Å². The Bertz CT molecular complexity index is 2490. The fourth-order valence-corrected chi connectivity index (χ4v) is 9.46. The van der Waals surface area contributed by atoms with Crippen LogP contribution in [0.25, 0.3) is 0 Å². The third kappa shape index (κ3) is 11.9. The number of amides is 4. The van der Waals surface area contributed by atoms with E-state index >= 15 is 0 Å². The van der Waals surface area contributed by atoms with Gasteiger partial charge in [0.15, 0.2) is 0 Å². The molecule has 13 heteroatoms. The molecule has 0 unspecified atom stereocenters. The Hall–Kier alpha value is -7.15. The summed E-state index contributed by atoms with van der Waals surface area (Å²) in [5, 5.41) is 11.1. The molecule has 2 fully saturated rings. The van der Waals surface area contributed by atoms with E-state index in [0.717, 1.165) is 38.5 Å². The lowest BCUT2D eigenvalue weighted by atomic mass is 9.75. The molecule has 0 radical (unpaired) electrons. The highest BCUT2D eigenvalue weighted by atomic mass is 16.5. The molecule has 13 nitrogen and oxygen atoms in total. The summed E-state index contributed by atoms with van der Waals surface area (Å²) in [6.45, 7) is 12.9. The van der Waals surface area contributed by atoms with Crippen LogP contribution in [0.15, 0.2) is 115 Å². The minimum atomic E-state index is -0.694. The number of aromatic nitrogens is 1. The summed E-state index contributed by atoms with van der Waals surface area (Å²) in [4.78, 5) is 86.6. The molecule has 1 heterocycles. The molecular formula is C55H61N5O8. The molecule has 0 saturated heterocycles. The molecule has 0 spiro atoms. The highest BCUT2D eigenvalue weighted by Gasteiger charge is 2.36. The number of nitrogens with zero attached hydrogens (tertiary/aromatic N) is 1. The van der Waals surface area contributed by atoms with E-state index < -0.39 is 35.6 Å². The number of ether oxygens (including phenoxy) is 2. The fourth-order valence-electron chi connectivity index (χ4n) is 9.46. The molecule has 5 aromatic rings. The van der Waals surface area contributed by atoms with E-state index in [9.17, 15) is 28.8 Å². The minimum Gasteiger partial charge on any atom is -0.458 e. The van der Waals surface area contributed by atoms with Crippen molar-refractivity contribution in [2.45, 2.75) is 92.3 Å². The number of anilines is 4. The number of hydrogen-bond donors (Lipinski definition) is 4. The number of carbonyl (C=O) groups is 6. The molecule has 2 aliphatic rings. The molecule has 0 bridgehead atoms. The molecule has 0 aliphatic heterocycles. The predicted molar refractivity (Wildman–Crippen MR) is 263 cm³/mol. The summed E-state index contributed by atoms with van der Waals surface area (Å²) in [6.07, 6.45) is 5.25. The van der Waals surface area contributed by atoms with E-state index in [-0.39, 0.29) is 80.4 Å². The van der Waals surface area contributed by atoms with Crippen LogP contribution in [0.2, 0.25) is 0 Å². The average molecular weight is 920 g/mol. The van der Waals surface area contributed by atoms with Crippen LogP contribution in [-0.4, -0.2) is 52.8 Å². The van der Waals surface area contributed by atoms with Crippen molar-refractivity contribution in [2.75, 3.05) is 21.3 Å². The first-order valence-corrected chi connectivity index (χ1v) is 23.7. The van der Waals surface area contributed by atoms with Gasteiger partial charge in [0, 0.05) is 0 Å². The highest BCUT2D eigenvalue weighted by molar-refractivity contribution is 6.15. The number of hydrogen-bond acceptors (Lipinski definition) is 9. The molecule has 2 aliphatic carbocycles. The SMILES string of the molecule is CC(C)[C@@H]1CC[C@@H](C)C[C@H]1OC(=O)c1ccccc1NC(=O)c1ccccc1NC(=O)c1cccc(C(=O)Nc2ccccc2C(=O)Nc2ccccc2C(=O)O[C@@H]2C[C@H](C)CC[C@H]2C(C)C)n1. The minimum absolute atomic E-state index is 0.116. The Kier molecular flexibility index (Phi) is 15.9. The summed E-state index contributed by atoms with van der Waals surface area (Å²) in [5.74, 6) is -1.51. The van der Waals surface area contributed by atoms with Gasteiger partial charge in [0.2, 0.25) is 0 Å². The van der Waals surface area contributed by atoms with Crippen LogP contribution in [0.5, 0.6) is 0 Å². The lowest BCUT2D eigenvalue weighted by Crippen LogP contribution is -2.36. The monoisotopic (exact) mass is 919 g/mol. The van der Waals surface area contributed by atoms with Crippen LogP contribution >= 0.6 is 0 Å². The number of nitrogens with one attached hydrogen (secondary N) is 4. The van der Waals surface area contributed by atoms with E-state index in [1.807, 2.05) is 0 Å². The highest BCUT2D eigenvalue weighted by Crippen LogP contribution is 2.38. The lowest BCUT2D eigenvalue weighted by Gasteiger charge is -2.36. The Morgan fingerprint density at radius 1 is 0.441 bits per heavy atom. The zero-order valence-corrected chi connectivity index (χ0v) is 39.5. The van der Waals surface area contributed by atoms with Gasteiger partial charge in [-0.15, -0.1) is 0 Å². The predicted octanol–water partition coefficient (Wildman–Crippen LogP) is 11.3. The number of para-hydroxylation sites is 4. The van der Waals surface area contributed by atoms with Gasteiger partial charge >= 0.3 is 11.9 Å². The number of pyridine rings is 1. The lowest BCUT2D eigenvalue weighted by molar-refractivity contribution is -0.0181. The first-order chi connectivity index (χ1) is 32.7. The number of esters is 2. The molecule has 6 atom stereocenters. The smallest absolute Gasteiger partial charge is 0.340 e. The molecule has 4 amide bonds. The van der Waals surface area contributed by atoms with Crippen LogP contribution in [0, 0.1) is 35.5 Å². The van der Waals surface area contributed by atoms with Gasteiger partial charge in [0.05, 0.1) is 45.0 Å². The van der Waals surface area contributed by atoms with Crippen molar-refractivity contribution >= 4 is 58.3 Å². The second kappa shape index (κ2) is 22.1. The summed E-state index contributed by atoms with van der Waals surface area (Å²) in [6, 6.07) is 30.5. The van der Waals surface area contributed by atoms with Crippen molar-refractivity contribution in [3.63, 3.8) is 0 Å². The van der Waals surface area contributed by atoms with Gasteiger partial charge in [-0.05, 0) is 122 Å². The fraction of sp³-hybridized carbons (Fsp3) is 0.364. The average Bonchev–Trinajstić information content (AvgIpc) is 3.32. The second-order valence-corrected chi connectivity index (χ2v) is 18.9. The van der Waals surface area contributed by atoms with Gasteiger partial charge in [-0.3, -0.25) is 19.2 Å². The van der Waals surface area contributed by atoms with Crippen LogP contribution in [-0.2, 0) is 9.47 Å². The molecule has 1 aromatic heterocycles. The molecule has 4 N–H and O–H groups in total. The third-order valence-electron chi connectivity index (χ3n) is 13.3. The standard InChI is InChI=1S/C55H61N5O8/c1-32(2)36-28-26-34(5)30-48(36)67-54(65)40-18-9-13-22-44(40)57-50(61)38-16-7-11-20-42(38)59-52(63)46-24-15-25-47(56-46)53(64)60-43-21-12-8-17-39(43)51(62)58-45-23-14-10-19-41(45)55(66)68-49-31-35(6)27-29-37(49)33(3)4/h7-25,32-37,48-49H,26-31H2,1-6H3,(H,57,61)(H,58,62)(H,59,63)(H,60,64)/t34-,35-,36+,37+,48-,49-/m1/s1. The molecule has 4 aromatic carbocycles. The Balaban J connectivity index is 1.01. The summed E-state index contributed by atoms with van der Waals surface area (Å²) >= 11 is 0. The molecular weight excluding hydrogens is 859 g/mol. The third-order valence-corrected chi connectivity index (χ3v) is 13.3. The van der Waals surface area contributed by atoms with Crippen molar-refractivity contribution in [3.8, 4) is 0 Å². The largest absolute Gasteiger partial charge is 0.458 e. The van der Waals surface area contributed by atoms with Crippen LogP contribution < -0.4 is 21.3 Å². The summed E-state index contributed by atoms with van der Waals surface area (Å²) in [5.41, 5.74) is 1.31. The van der Waals surface area contributed by atoms with Crippen LogP contribution in [0.3, 0.4) is 0 Å².